The molecule has 1 fully saturated rings. The van der Waals surface area contributed by atoms with Gasteiger partial charge in [0.2, 0.25) is 5.91 Å². The summed E-state index contributed by atoms with van der Waals surface area (Å²) >= 11 is 0. The minimum absolute atomic E-state index is 0.188. The molecule has 0 aromatic carbocycles. The lowest BCUT2D eigenvalue weighted by atomic mass is 9.84. The molecule has 82 valence electrons. The van der Waals surface area contributed by atoms with Crippen LogP contribution in [0, 0.1) is 5.41 Å². The summed E-state index contributed by atoms with van der Waals surface area (Å²) in [6.07, 6.45) is 0. The van der Waals surface area contributed by atoms with E-state index in [2.05, 4.69) is 33.0 Å². The molecular weight excluding hydrogens is 176 g/mol. The molecule has 2 atom stereocenters. The smallest absolute Gasteiger partial charge is 0.219 e. The highest BCUT2D eigenvalue weighted by Gasteiger charge is 2.32. The maximum Gasteiger partial charge on any atom is 0.219 e. The summed E-state index contributed by atoms with van der Waals surface area (Å²) in [6.45, 7) is 12.1. The first-order valence-electron chi connectivity index (χ1n) is 5.32. The van der Waals surface area contributed by atoms with Crippen molar-refractivity contribution in [2.24, 2.45) is 5.41 Å². The molecular formula is C11H22N2O. The van der Waals surface area contributed by atoms with Gasteiger partial charge in [-0.05, 0) is 12.3 Å². The van der Waals surface area contributed by atoms with Crippen LogP contribution in [0.4, 0.5) is 0 Å². The minimum Gasteiger partial charge on any atom is -0.340 e. The van der Waals surface area contributed by atoms with Gasteiger partial charge in [-0.3, -0.25) is 4.79 Å². The van der Waals surface area contributed by atoms with Crippen molar-refractivity contribution in [3.8, 4) is 0 Å². The number of nitrogens with one attached hydrogen (secondary N) is 1. The van der Waals surface area contributed by atoms with Gasteiger partial charge in [0.1, 0.15) is 0 Å². The number of rotatable bonds is 0. The van der Waals surface area contributed by atoms with Crippen LogP contribution in [0.3, 0.4) is 0 Å². The van der Waals surface area contributed by atoms with Crippen molar-refractivity contribution in [1.29, 1.82) is 0 Å². The van der Waals surface area contributed by atoms with Crippen molar-refractivity contribution in [2.45, 2.75) is 46.7 Å². The monoisotopic (exact) mass is 198 g/mol. The van der Waals surface area contributed by atoms with Crippen molar-refractivity contribution in [3.05, 3.63) is 0 Å². The number of carbonyl (C=O) groups excluding carboxylic acids is 1. The number of hydrogen-bond acceptors (Lipinski definition) is 2. The van der Waals surface area contributed by atoms with Gasteiger partial charge in [-0.1, -0.05) is 20.8 Å². The molecule has 1 aliphatic heterocycles. The fourth-order valence-corrected chi connectivity index (χ4v) is 1.86. The third-order valence-electron chi connectivity index (χ3n) is 2.87. The predicted molar refractivity (Wildman–Crippen MR) is 58.1 cm³/mol. The molecule has 1 aliphatic rings. The molecule has 0 saturated carbocycles. The van der Waals surface area contributed by atoms with Crippen molar-refractivity contribution in [2.75, 3.05) is 13.1 Å². The van der Waals surface area contributed by atoms with E-state index in [-0.39, 0.29) is 11.3 Å². The average molecular weight is 198 g/mol. The Bertz CT molecular complexity index is 220. The first-order chi connectivity index (χ1) is 6.30. The van der Waals surface area contributed by atoms with Crippen molar-refractivity contribution < 1.29 is 4.79 Å². The summed E-state index contributed by atoms with van der Waals surface area (Å²) in [6, 6.07) is 0.798. The van der Waals surface area contributed by atoms with E-state index in [0.717, 1.165) is 13.1 Å². The van der Waals surface area contributed by atoms with Gasteiger partial charge in [0.05, 0.1) is 0 Å². The van der Waals surface area contributed by atoms with Gasteiger partial charge in [-0.25, -0.2) is 0 Å². The molecule has 0 spiro atoms. The highest BCUT2D eigenvalue weighted by Crippen LogP contribution is 2.23. The Hall–Kier alpha value is -0.570. The van der Waals surface area contributed by atoms with Crippen LogP contribution in [0.15, 0.2) is 0 Å². The number of nitrogens with zero attached hydrogens (tertiary/aromatic N) is 1. The molecule has 0 aliphatic carbocycles. The topological polar surface area (TPSA) is 32.3 Å². The Labute approximate surface area is 86.9 Å². The van der Waals surface area contributed by atoms with Gasteiger partial charge in [0, 0.05) is 32.1 Å². The second kappa shape index (κ2) is 3.89. The zero-order valence-electron chi connectivity index (χ0n) is 9.92. The minimum atomic E-state index is 0.188. The molecule has 0 radical (unpaired) electrons. The maximum absolute atomic E-state index is 11.3. The molecule has 14 heavy (non-hydrogen) atoms. The van der Waals surface area contributed by atoms with Crippen LogP contribution < -0.4 is 5.32 Å². The first kappa shape index (κ1) is 11.5. The van der Waals surface area contributed by atoms with Crippen molar-refractivity contribution in [1.82, 2.24) is 10.2 Å². The Kier molecular flexibility index (Phi) is 3.20. The molecule has 0 aromatic rings. The average Bonchev–Trinajstić information content (AvgIpc) is 2.01. The van der Waals surface area contributed by atoms with Crippen molar-refractivity contribution in [3.63, 3.8) is 0 Å². The van der Waals surface area contributed by atoms with E-state index in [9.17, 15) is 4.79 Å². The van der Waals surface area contributed by atoms with Crippen LogP contribution in [0.2, 0.25) is 0 Å². The zero-order valence-corrected chi connectivity index (χ0v) is 9.92. The predicted octanol–water partition coefficient (Wildman–Crippen LogP) is 1.24. The van der Waals surface area contributed by atoms with Crippen LogP contribution in [0.1, 0.15) is 34.6 Å². The normalized spacial score (nSPS) is 29.1. The fraction of sp³-hybridized carbons (Fsp3) is 0.909. The van der Waals surface area contributed by atoms with E-state index in [0.29, 0.717) is 12.1 Å². The molecule has 0 aromatic heterocycles. The van der Waals surface area contributed by atoms with Crippen LogP contribution in [-0.2, 0) is 4.79 Å². The second-order valence-electron chi connectivity index (χ2n) is 5.41. The summed E-state index contributed by atoms with van der Waals surface area (Å²) in [5.41, 5.74) is 0.211. The fourth-order valence-electron chi connectivity index (χ4n) is 1.86. The van der Waals surface area contributed by atoms with Gasteiger partial charge in [0.25, 0.3) is 0 Å². The quantitative estimate of drug-likeness (QED) is 0.635. The van der Waals surface area contributed by atoms with E-state index in [1.807, 2.05) is 4.90 Å². The van der Waals surface area contributed by atoms with E-state index in [1.54, 1.807) is 6.92 Å². The number of piperazine rings is 1. The Balaban J connectivity index is 2.68. The third kappa shape index (κ3) is 2.71. The molecule has 3 nitrogen and oxygen atoms in total. The molecule has 1 rings (SSSR count). The lowest BCUT2D eigenvalue weighted by Gasteiger charge is -2.43. The SMILES string of the molecule is CC(=O)N1CC(C)NC(C(C)(C)C)C1. The van der Waals surface area contributed by atoms with Crippen LogP contribution >= 0.6 is 0 Å². The number of hydrogen-bond donors (Lipinski definition) is 1. The van der Waals surface area contributed by atoms with Crippen LogP contribution in [0.5, 0.6) is 0 Å². The molecule has 3 heteroatoms. The standard InChI is InChI=1S/C11H22N2O/c1-8-6-13(9(2)14)7-10(12-8)11(3,4)5/h8,10,12H,6-7H2,1-5H3. The van der Waals surface area contributed by atoms with Crippen molar-refractivity contribution >= 4 is 5.91 Å². The summed E-state index contributed by atoms with van der Waals surface area (Å²) in [5.74, 6) is 0.188. The number of carbonyl (C=O) groups is 1. The van der Waals surface area contributed by atoms with E-state index in [1.165, 1.54) is 0 Å². The van der Waals surface area contributed by atoms with Gasteiger partial charge in [0.15, 0.2) is 0 Å². The Morgan fingerprint density at radius 1 is 1.36 bits per heavy atom. The first-order valence-corrected chi connectivity index (χ1v) is 5.32. The summed E-state index contributed by atoms with van der Waals surface area (Å²) in [5, 5.41) is 3.55. The summed E-state index contributed by atoms with van der Waals surface area (Å²) < 4.78 is 0. The number of amides is 1. The Morgan fingerprint density at radius 3 is 2.36 bits per heavy atom. The second-order valence-corrected chi connectivity index (χ2v) is 5.41. The van der Waals surface area contributed by atoms with Gasteiger partial charge in [-0.2, -0.15) is 0 Å². The third-order valence-corrected chi connectivity index (χ3v) is 2.87. The van der Waals surface area contributed by atoms with Gasteiger partial charge >= 0.3 is 0 Å². The lowest BCUT2D eigenvalue weighted by Crippen LogP contribution is -2.60. The van der Waals surface area contributed by atoms with E-state index < -0.39 is 0 Å². The largest absolute Gasteiger partial charge is 0.340 e. The molecule has 0 bridgehead atoms. The summed E-state index contributed by atoms with van der Waals surface area (Å²) in [4.78, 5) is 13.3. The highest BCUT2D eigenvalue weighted by molar-refractivity contribution is 5.73. The molecule has 2 unspecified atom stereocenters. The van der Waals surface area contributed by atoms with Crippen LogP contribution in [0.25, 0.3) is 0 Å². The zero-order chi connectivity index (χ0) is 10.9. The Morgan fingerprint density at radius 2 is 1.93 bits per heavy atom. The summed E-state index contributed by atoms with van der Waals surface area (Å²) in [7, 11) is 0. The lowest BCUT2D eigenvalue weighted by molar-refractivity contribution is -0.131. The molecule has 1 N–H and O–H groups in total. The van der Waals surface area contributed by atoms with Crippen LogP contribution in [-0.4, -0.2) is 36.0 Å². The van der Waals surface area contributed by atoms with E-state index >= 15 is 0 Å². The molecule has 1 amide bonds. The molecule has 1 heterocycles. The van der Waals surface area contributed by atoms with Gasteiger partial charge < -0.3 is 10.2 Å². The van der Waals surface area contributed by atoms with Gasteiger partial charge in [-0.15, -0.1) is 0 Å². The molecule has 1 saturated heterocycles. The highest BCUT2D eigenvalue weighted by atomic mass is 16.2. The maximum atomic E-state index is 11.3. The van der Waals surface area contributed by atoms with E-state index in [4.69, 9.17) is 0 Å².